The van der Waals surface area contributed by atoms with Crippen LogP contribution in [0.15, 0.2) is 11.8 Å². The zero-order valence-electron chi connectivity index (χ0n) is 4.66. The van der Waals surface area contributed by atoms with E-state index in [-0.39, 0.29) is 18.4 Å². The predicted molar refractivity (Wildman–Crippen MR) is 27.0 cm³/mol. The summed E-state index contributed by atoms with van der Waals surface area (Å²) in [6.45, 7) is 0.239. The van der Waals surface area contributed by atoms with Crippen LogP contribution in [0.1, 0.15) is 0 Å². The Balaban J connectivity index is 2.62. The molecule has 0 amide bonds. The van der Waals surface area contributed by atoms with E-state index < -0.39 is 5.97 Å². The van der Waals surface area contributed by atoms with E-state index in [9.17, 15) is 9.90 Å². The van der Waals surface area contributed by atoms with Gasteiger partial charge in [-0.15, -0.1) is 0 Å². The molecular formula is C5H6NO3-. The van der Waals surface area contributed by atoms with Gasteiger partial charge in [0.15, 0.2) is 0 Å². The lowest BCUT2D eigenvalue weighted by atomic mass is 10.3. The molecule has 0 aromatic heterocycles. The SMILES string of the molecule is N[C@@H]1C=C(C(=O)[O-])OC1. The van der Waals surface area contributed by atoms with Crippen LogP contribution in [-0.2, 0) is 9.53 Å². The van der Waals surface area contributed by atoms with Gasteiger partial charge in [0.2, 0.25) is 0 Å². The van der Waals surface area contributed by atoms with Crippen LogP contribution >= 0.6 is 0 Å². The molecule has 50 valence electrons. The van der Waals surface area contributed by atoms with Gasteiger partial charge in [0.05, 0.1) is 6.04 Å². The molecule has 0 aliphatic carbocycles. The molecule has 4 nitrogen and oxygen atoms in total. The summed E-state index contributed by atoms with van der Waals surface area (Å²) in [6, 6.07) is -0.294. The molecule has 0 spiro atoms. The molecule has 1 heterocycles. The van der Waals surface area contributed by atoms with Crippen LogP contribution < -0.4 is 10.8 Å². The third-order valence-electron chi connectivity index (χ3n) is 0.998. The maximum atomic E-state index is 9.99. The van der Waals surface area contributed by atoms with Crippen LogP contribution in [0.25, 0.3) is 0 Å². The van der Waals surface area contributed by atoms with E-state index in [1.165, 1.54) is 6.08 Å². The van der Waals surface area contributed by atoms with Gasteiger partial charge < -0.3 is 20.4 Å². The van der Waals surface area contributed by atoms with Crippen LogP contribution in [0, 0.1) is 0 Å². The first-order valence-electron chi connectivity index (χ1n) is 2.51. The molecule has 0 saturated carbocycles. The van der Waals surface area contributed by atoms with Crippen molar-refractivity contribution in [1.82, 2.24) is 0 Å². The van der Waals surface area contributed by atoms with Crippen molar-refractivity contribution < 1.29 is 14.6 Å². The Morgan fingerprint density at radius 1 is 2.00 bits per heavy atom. The van der Waals surface area contributed by atoms with Crippen molar-refractivity contribution in [3.8, 4) is 0 Å². The summed E-state index contributed by atoms with van der Waals surface area (Å²) < 4.78 is 4.60. The molecule has 9 heavy (non-hydrogen) atoms. The fourth-order valence-electron chi connectivity index (χ4n) is 0.604. The molecule has 0 bridgehead atoms. The highest BCUT2D eigenvalue weighted by Crippen LogP contribution is 2.06. The van der Waals surface area contributed by atoms with E-state index in [0.29, 0.717) is 0 Å². The zero-order valence-corrected chi connectivity index (χ0v) is 4.66. The number of aliphatic carboxylic acids is 1. The topological polar surface area (TPSA) is 75.4 Å². The van der Waals surface area contributed by atoms with E-state index in [0.717, 1.165) is 0 Å². The molecule has 1 atom stereocenters. The second kappa shape index (κ2) is 2.06. The predicted octanol–water partition coefficient (Wildman–Crippen LogP) is -2.02. The van der Waals surface area contributed by atoms with Gasteiger partial charge >= 0.3 is 0 Å². The number of carboxylic acids is 1. The molecule has 1 aliphatic rings. The van der Waals surface area contributed by atoms with Crippen molar-refractivity contribution in [2.45, 2.75) is 6.04 Å². The Labute approximate surface area is 51.9 Å². The van der Waals surface area contributed by atoms with Gasteiger partial charge in [-0.2, -0.15) is 0 Å². The number of hydrogen-bond acceptors (Lipinski definition) is 4. The van der Waals surface area contributed by atoms with Gasteiger partial charge in [-0.25, -0.2) is 0 Å². The summed E-state index contributed by atoms with van der Waals surface area (Å²) in [7, 11) is 0. The van der Waals surface area contributed by atoms with Gasteiger partial charge in [0, 0.05) is 0 Å². The monoisotopic (exact) mass is 128 g/mol. The van der Waals surface area contributed by atoms with Crippen molar-refractivity contribution >= 4 is 5.97 Å². The lowest BCUT2D eigenvalue weighted by Gasteiger charge is -2.01. The summed E-state index contributed by atoms with van der Waals surface area (Å²) in [5.41, 5.74) is 5.27. The number of ether oxygens (including phenoxy) is 1. The lowest BCUT2D eigenvalue weighted by molar-refractivity contribution is -0.302. The van der Waals surface area contributed by atoms with Gasteiger partial charge in [-0.05, 0) is 6.08 Å². The second-order valence-corrected chi connectivity index (χ2v) is 1.79. The van der Waals surface area contributed by atoms with E-state index in [4.69, 9.17) is 5.73 Å². The average Bonchev–Trinajstić information content (AvgIpc) is 2.14. The third kappa shape index (κ3) is 1.20. The quantitative estimate of drug-likeness (QED) is 0.442. The molecule has 4 heteroatoms. The Bertz CT molecular complexity index is 164. The molecule has 1 rings (SSSR count). The van der Waals surface area contributed by atoms with E-state index in [2.05, 4.69) is 4.74 Å². The number of nitrogens with two attached hydrogens (primary N) is 1. The molecule has 0 unspecified atom stereocenters. The Kier molecular flexibility index (Phi) is 1.40. The van der Waals surface area contributed by atoms with Gasteiger partial charge in [0.25, 0.3) is 0 Å². The van der Waals surface area contributed by atoms with Crippen molar-refractivity contribution in [3.63, 3.8) is 0 Å². The van der Waals surface area contributed by atoms with Crippen LogP contribution in [0.5, 0.6) is 0 Å². The summed E-state index contributed by atoms with van der Waals surface area (Å²) in [5, 5.41) is 9.99. The standard InChI is InChI=1S/C5H7NO3/c6-3-1-4(5(7)8)9-2-3/h1,3H,2,6H2,(H,7,8)/p-1/t3-/m1/s1. The molecule has 2 N–H and O–H groups in total. The number of hydrogen-bond donors (Lipinski definition) is 1. The second-order valence-electron chi connectivity index (χ2n) is 1.79. The number of carbonyl (C=O) groups is 1. The summed E-state index contributed by atoms with van der Waals surface area (Å²) >= 11 is 0. The number of rotatable bonds is 1. The highest BCUT2D eigenvalue weighted by atomic mass is 16.5. The maximum absolute atomic E-state index is 9.99. The van der Waals surface area contributed by atoms with Crippen LogP contribution in [0.2, 0.25) is 0 Å². The van der Waals surface area contributed by atoms with Crippen molar-refractivity contribution in [1.29, 1.82) is 0 Å². The van der Waals surface area contributed by atoms with Gasteiger partial charge in [-0.1, -0.05) is 0 Å². The molecular weight excluding hydrogens is 122 g/mol. The van der Waals surface area contributed by atoms with E-state index in [1.807, 2.05) is 0 Å². The third-order valence-corrected chi connectivity index (χ3v) is 0.998. The highest BCUT2D eigenvalue weighted by Gasteiger charge is 2.12. The van der Waals surface area contributed by atoms with Crippen molar-refractivity contribution in [2.24, 2.45) is 5.73 Å². The fraction of sp³-hybridized carbons (Fsp3) is 0.400. The molecule has 0 fully saturated rings. The molecule has 1 aliphatic heterocycles. The largest absolute Gasteiger partial charge is 0.542 e. The number of carbonyl (C=O) groups excluding carboxylic acids is 1. The number of carboxylic acid groups (broad SMARTS) is 1. The Hall–Kier alpha value is -1.03. The molecule has 0 aromatic rings. The smallest absolute Gasteiger partial charge is 0.139 e. The molecule has 0 radical (unpaired) electrons. The normalized spacial score (nSPS) is 25.0. The Morgan fingerprint density at radius 2 is 2.67 bits per heavy atom. The minimum atomic E-state index is -1.30. The summed E-state index contributed by atoms with van der Waals surface area (Å²) in [4.78, 5) is 9.99. The van der Waals surface area contributed by atoms with Crippen LogP contribution in [-0.4, -0.2) is 18.6 Å². The van der Waals surface area contributed by atoms with E-state index >= 15 is 0 Å². The first-order chi connectivity index (χ1) is 4.20. The van der Waals surface area contributed by atoms with Crippen LogP contribution in [0.4, 0.5) is 0 Å². The zero-order chi connectivity index (χ0) is 6.85. The molecule has 0 saturated heterocycles. The molecule has 0 aromatic carbocycles. The lowest BCUT2D eigenvalue weighted by Crippen LogP contribution is -2.24. The van der Waals surface area contributed by atoms with Crippen LogP contribution in [0.3, 0.4) is 0 Å². The van der Waals surface area contributed by atoms with E-state index in [1.54, 1.807) is 0 Å². The average molecular weight is 128 g/mol. The highest BCUT2D eigenvalue weighted by molar-refractivity contribution is 5.82. The van der Waals surface area contributed by atoms with Gasteiger partial charge in [0.1, 0.15) is 18.3 Å². The first kappa shape index (κ1) is 6.10. The van der Waals surface area contributed by atoms with Gasteiger partial charge in [-0.3, -0.25) is 0 Å². The maximum Gasteiger partial charge on any atom is 0.139 e. The minimum absolute atomic E-state index is 0.150. The first-order valence-corrected chi connectivity index (χ1v) is 2.51. The summed E-state index contributed by atoms with van der Waals surface area (Å²) in [6.07, 6.45) is 1.33. The van der Waals surface area contributed by atoms with Crippen molar-refractivity contribution in [3.05, 3.63) is 11.8 Å². The van der Waals surface area contributed by atoms with Crippen molar-refractivity contribution in [2.75, 3.05) is 6.61 Å². The fourth-order valence-corrected chi connectivity index (χ4v) is 0.604. The minimum Gasteiger partial charge on any atom is -0.542 e. The Morgan fingerprint density at radius 3 is 2.89 bits per heavy atom. The summed E-state index contributed by atoms with van der Waals surface area (Å²) in [5.74, 6) is -1.45.